The molecule has 1 aromatic carbocycles. The van der Waals surface area contributed by atoms with Gasteiger partial charge in [0.2, 0.25) is 0 Å². The summed E-state index contributed by atoms with van der Waals surface area (Å²) in [6, 6.07) is 9.22. The normalized spacial score (nSPS) is 10.4. The van der Waals surface area contributed by atoms with Gasteiger partial charge in [-0.1, -0.05) is 52.3 Å². The van der Waals surface area contributed by atoms with Crippen LogP contribution in [0.5, 0.6) is 0 Å². The molecule has 0 aliphatic rings. The lowest BCUT2D eigenvalue weighted by atomic mass is 10.1. The third-order valence-electron chi connectivity index (χ3n) is 1.42. The molecular formula is C10H9BrO. The molecular weight excluding hydrogens is 216 g/mol. The van der Waals surface area contributed by atoms with Gasteiger partial charge in [0.05, 0.1) is 0 Å². The summed E-state index contributed by atoms with van der Waals surface area (Å²) in [6.45, 7) is 0. The molecule has 0 saturated carbocycles. The maximum absolute atomic E-state index is 11.3. The van der Waals surface area contributed by atoms with E-state index >= 15 is 0 Å². The third kappa shape index (κ3) is 2.62. The van der Waals surface area contributed by atoms with Crippen LogP contribution >= 0.6 is 15.9 Å². The smallest absolute Gasteiger partial charge is 0.185 e. The average molecular weight is 225 g/mol. The van der Waals surface area contributed by atoms with E-state index < -0.39 is 0 Å². The molecule has 0 aliphatic carbocycles. The molecule has 0 aliphatic heterocycles. The van der Waals surface area contributed by atoms with Crippen LogP contribution in [0.15, 0.2) is 42.5 Å². The van der Waals surface area contributed by atoms with E-state index in [9.17, 15) is 4.79 Å². The Morgan fingerprint density at radius 2 is 2.00 bits per heavy atom. The summed E-state index contributed by atoms with van der Waals surface area (Å²) < 4.78 is 0. The molecule has 0 aromatic heterocycles. The topological polar surface area (TPSA) is 17.1 Å². The molecule has 0 amide bonds. The van der Waals surface area contributed by atoms with Crippen molar-refractivity contribution < 1.29 is 4.79 Å². The number of halogens is 1. The molecule has 1 aromatic rings. The number of alkyl halides is 1. The standard InChI is InChI=1S/C10H9BrO/c11-8-4-7-10(12)9-5-2-1-3-6-9/h1-7H,8H2/b7-4+. The first kappa shape index (κ1) is 9.20. The van der Waals surface area contributed by atoms with Crippen molar-refractivity contribution in [1.82, 2.24) is 0 Å². The van der Waals surface area contributed by atoms with E-state index in [1.165, 1.54) is 0 Å². The van der Waals surface area contributed by atoms with E-state index in [1.54, 1.807) is 24.3 Å². The summed E-state index contributed by atoms with van der Waals surface area (Å²) in [5.74, 6) is 0.0510. The van der Waals surface area contributed by atoms with Crippen molar-refractivity contribution in [2.75, 3.05) is 5.33 Å². The van der Waals surface area contributed by atoms with Crippen LogP contribution in [0.2, 0.25) is 0 Å². The SMILES string of the molecule is O=C(/C=C/CBr)c1ccccc1. The molecule has 0 heterocycles. The minimum atomic E-state index is 0.0510. The molecule has 12 heavy (non-hydrogen) atoms. The first-order valence-electron chi connectivity index (χ1n) is 3.66. The Morgan fingerprint density at radius 3 is 2.58 bits per heavy atom. The van der Waals surface area contributed by atoms with Crippen molar-refractivity contribution >= 4 is 21.7 Å². The first-order valence-corrected chi connectivity index (χ1v) is 4.78. The Labute approximate surface area is 80.2 Å². The van der Waals surface area contributed by atoms with Crippen LogP contribution in [0, 0.1) is 0 Å². The van der Waals surface area contributed by atoms with Crippen molar-refractivity contribution in [2.24, 2.45) is 0 Å². The van der Waals surface area contributed by atoms with Gasteiger partial charge in [0.25, 0.3) is 0 Å². The summed E-state index contributed by atoms with van der Waals surface area (Å²) in [4.78, 5) is 11.3. The second kappa shape index (κ2) is 4.88. The molecule has 62 valence electrons. The first-order chi connectivity index (χ1) is 5.84. The Bertz CT molecular complexity index is 277. The molecule has 0 bridgehead atoms. The highest BCUT2D eigenvalue weighted by Crippen LogP contribution is 2.00. The number of benzene rings is 1. The van der Waals surface area contributed by atoms with Gasteiger partial charge in [-0.05, 0) is 6.08 Å². The van der Waals surface area contributed by atoms with Crippen molar-refractivity contribution in [1.29, 1.82) is 0 Å². The van der Waals surface area contributed by atoms with Gasteiger partial charge in [0.15, 0.2) is 5.78 Å². The molecule has 2 heteroatoms. The zero-order valence-corrected chi connectivity index (χ0v) is 8.12. The molecule has 0 spiro atoms. The lowest BCUT2D eigenvalue weighted by molar-refractivity contribution is 0.104. The van der Waals surface area contributed by atoms with Crippen molar-refractivity contribution in [3.8, 4) is 0 Å². The molecule has 1 rings (SSSR count). The molecule has 0 saturated heterocycles. The number of ketones is 1. The van der Waals surface area contributed by atoms with Crippen molar-refractivity contribution in [3.05, 3.63) is 48.0 Å². The Morgan fingerprint density at radius 1 is 1.33 bits per heavy atom. The van der Waals surface area contributed by atoms with Gasteiger partial charge in [-0.15, -0.1) is 0 Å². The molecule has 0 atom stereocenters. The van der Waals surface area contributed by atoms with Crippen LogP contribution in [0.1, 0.15) is 10.4 Å². The van der Waals surface area contributed by atoms with Crippen LogP contribution in [0.3, 0.4) is 0 Å². The van der Waals surface area contributed by atoms with E-state index in [4.69, 9.17) is 0 Å². The molecule has 1 nitrogen and oxygen atoms in total. The summed E-state index contributed by atoms with van der Waals surface area (Å²) in [7, 11) is 0. The summed E-state index contributed by atoms with van der Waals surface area (Å²) >= 11 is 3.21. The number of carbonyl (C=O) groups is 1. The zero-order valence-electron chi connectivity index (χ0n) is 6.53. The average Bonchev–Trinajstić information content (AvgIpc) is 2.15. The summed E-state index contributed by atoms with van der Waals surface area (Å²) in [5, 5.41) is 0.714. The number of carbonyl (C=O) groups excluding carboxylic acids is 1. The highest BCUT2D eigenvalue weighted by atomic mass is 79.9. The Kier molecular flexibility index (Phi) is 3.74. The van der Waals surface area contributed by atoms with Gasteiger partial charge < -0.3 is 0 Å². The monoisotopic (exact) mass is 224 g/mol. The maximum Gasteiger partial charge on any atom is 0.185 e. The van der Waals surface area contributed by atoms with Gasteiger partial charge in [0, 0.05) is 10.9 Å². The predicted octanol–water partition coefficient (Wildman–Crippen LogP) is 2.82. The second-order valence-corrected chi connectivity index (χ2v) is 2.93. The minimum absolute atomic E-state index is 0.0510. The Balaban J connectivity index is 2.72. The maximum atomic E-state index is 11.3. The molecule has 0 fully saturated rings. The Hall–Kier alpha value is -0.890. The van der Waals surface area contributed by atoms with Crippen LogP contribution < -0.4 is 0 Å². The van der Waals surface area contributed by atoms with Gasteiger partial charge in [-0.2, -0.15) is 0 Å². The fourth-order valence-corrected chi connectivity index (χ4v) is 1.04. The van der Waals surface area contributed by atoms with Gasteiger partial charge in [-0.3, -0.25) is 4.79 Å². The highest BCUT2D eigenvalue weighted by molar-refractivity contribution is 9.09. The van der Waals surface area contributed by atoms with Gasteiger partial charge >= 0.3 is 0 Å². The van der Waals surface area contributed by atoms with Crippen molar-refractivity contribution in [2.45, 2.75) is 0 Å². The van der Waals surface area contributed by atoms with Crippen LogP contribution in [-0.2, 0) is 0 Å². The number of hydrogen-bond donors (Lipinski definition) is 0. The van der Waals surface area contributed by atoms with E-state index in [0.29, 0.717) is 5.33 Å². The van der Waals surface area contributed by atoms with Crippen molar-refractivity contribution in [3.63, 3.8) is 0 Å². The lowest BCUT2D eigenvalue weighted by Crippen LogP contribution is -1.92. The summed E-state index contributed by atoms with van der Waals surface area (Å²) in [5.41, 5.74) is 0.731. The van der Waals surface area contributed by atoms with Crippen LogP contribution in [0.25, 0.3) is 0 Å². The highest BCUT2D eigenvalue weighted by Gasteiger charge is 1.97. The lowest BCUT2D eigenvalue weighted by Gasteiger charge is -1.92. The zero-order chi connectivity index (χ0) is 8.81. The number of rotatable bonds is 3. The van der Waals surface area contributed by atoms with E-state index in [2.05, 4.69) is 15.9 Å². The quantitative estimate of drug-likeness (QED) is 0.439. The molecule has 0 N–H and O–H groups in total. The fourth-order valence-electron chi connectivity index (χ4n) is 0.850. The second-order valence-electron chi connectivity index (χ2n) is 2.29. The third-order valence-corrected chi connectivity index (χ3v) is 1.79. The molecule has 0 unspecified atom stereocenters. The van der Waals surface area contributed by atoms with Gasteiger partial charge in [-0.25, -0.2) is 0 Å². The number of hydrogen-bond acceptors (Lipinski definition) is 1. The predicted molar refractivity (Wildman–Crippen MR) is 53.7 cm³/mol. The van der Waals surface area contributed by atoms with E-state index in [1.807, 2.05) is 18.2 Å². The minimum Gasteiger partial charge on any atom is -0.289 e. The number of allylic oxidation sites excluding steroid dienone is 2. The van der Waals surface area contributed by atoms with E-state index in [-0.39, 0.29) is 5.78 Å². The van der Waals surface area contributed by atoms with Crippen LogP contribution in [-0.4, -0.2) is 11.1 Å². The van der Waals surface area contributed by atoms with Crippen LogP contribution in [0.4, 0.5) is 0 Å². The summed E-state index contributed by atoms with van der Waals surface area (Å²) in [6.07, 6.45) is 3.36. The molecule has 0 radical (unpaired) electrons. The largest absolute Gasteiger partial charge is 0.289 e. The van der Waals surface area contributed by atoms with E-state index in [0.717, 1.165) is 5.56 Å². The van der Waals surface area contributed by atoms with Gasteiger partial charge in [0.1, 0.15) is 0 Å². The fraction of sp³-hybridized carbons (Fsp3) is 0.100.